The molecule has 2 aliphatic carbocycles. The van der Waals surface area contributed by atoms with Crippen molar-refractivity contribution < 1.29 is 31.8 Å². The number of alkyl halides is 3. The molecule has 0 atom stereocenters. The van der Waals surface area contributed by atoms with Crippen LogP contribution in [-0.2, 0) is 4.79 Å². The molecular formula is C27H36F4O3. The fraction of sp³-hybridized carbons (Fsp3) is 0.667. The summed E-state index contributed by atoms with van der Waals surface area (Å²) in [6.07, 6.45) is 13.5. The lowest BCUT2D eigenvalue weighted by Crippen LogP contribution is -2.25. The summed E-state index contributed by atoms with van der Waals surface area (Å²) < 4.78 is 59.4. The van der Waals surface area contributed by atoms with Gasteiger partial charge in [-0.25, -0.2) is 4.39 Å². The standard InChI is InChI=1S/C27H36F4O3/c1-2-3-4-5-19-6-8-20(9-7-19)10-11-21-12-14-22(15-13-21)26(32)33-23-16-17-25(24(28)18-23)34-27(29,30)31/h10-11,16-22H,2-9,12-15H2,1H3. The summed E-state index contributed by atoms with van der Waals surface area (Å²) in [5.74, 6) is -1.02. The molecule has 0 spiro atoms. The van der Waals surface area contributed by atoms with Gasteiger partial charge in [0.25, 0.3) is 0 Å². The van der Waals surface area contributed by atoms with Crippen molar-refractivity contribution in [3.8, 4) is 11.5 Å². The van der Waals surface area contributed by atoms with Crippen molar-refractivity contribution in [2.24, 2.45) is 23.7 Å². The van der Waals surface area contributed by atoms with Gasteiger partial charge in [0, 0.05) is 6.07 Å². The lowest BCUT2D eigenvalue weighted by Gasteiger charge is -2.28. The van der Waals surface area contributed by atoms with E-state index in [1.807, 2.05) is 0 Å². The van der Waals surface area contributed by atoms with E-state index in [4.69, 9.17) is 4.74 Å². The lowest BCUT2D eigenvalue weighted by molar-refractivity contribution is -0.275. The zero-order valence-electron chi connectivity index (χ0n) is 19.9. The number of rotatable bonds is 9. The third-order valence-corrected chi connectivity index (χ3v) is 7.22. The van der Waals surface area contributed by atoms with Crippen molar-refractivity contribution in [2.45, 2.75) is 90.3 Å². The van der Waals surface area contributed by atoms with Crippen molar-refractivity contribution in [3.63, 3.8) is 0 Å². The Labute approximate surface area is 199 Å². The molecule has 34 heavy (non-hydrogen) atoms. The Morgan fingerprint density at radius 3 is 2.15 bits per heavy atom. The van der Waals surface area contributed by atoms with E-state index < -0.39 is 23.9 Å². The van der Waals surface area contributed by atoms with Gasteiger partial charge in [-0.1, -0.05) is 44.8 Å². The summed E-state index contributed by atoms with van der Waals surface area (Å²) in [5.41, 5.74) is 0. The summed E-state index contributed by atoms with van der Waals surface area (Å²) in [6.45, 7) is 2.25. The summed E-state index contributed by atoms with van der Waals surface area (Å²) in [5, 5.41) is 0. The monoisotopic (exact) mass is 484 g/mol. The molecule has 3 rings (SSSR count). The normalized spacial score (nSPS) is 25.9. The predicted molar refractivity (Wildman–Crippen MR) is 123 cm³/mol. The summed E-state index contributed by atoms with van der Waals surface area (Å²) in [7, 11) is 0. The van der Waals surface area contributed by atoms with Crippen LogP contribution in [0.4, 0.5) is 17.6 Å². The van der Waals surface area contributed by atoms with Gasteiger partial charge in [0.2, 0.25) is 0 Å². The highest BCUT2D eigenvalue weighted by Gasteiger charge is 2.33. The minimum atomic E-state index is -4.99. The maximum Gasteiger partial charge on any atom is 0.573 e. The van der Waals surface area contributed by atoms with Crippen LogP contribution in [0.2, 0.25) is 0 Å². The third kappa shape index (κ3) is 8.62. The highest BCUT2D eigenvalue weighted by Crippen LogP contribution is 2.35. The number of unbranched alkanes of at least 4 members (excludes halogenated alkanes) is 2. The van der Waals surface area contributed by atoms with Crippen LogP contribution in [-0.4, -0.2) is 12.3 Å². The molecular weight excluding hydrogens is 448 g/mol. The number of ether oxygens (including phenoxy) is 2. The molecule has 0 N–H and O–H groups in total. The molecule has 0 aromatic heterocycles. The minimum absolute atomic E-state index is 0.121. The number of esters is 1. The van der Waals surface area contributed by atoms with E-state index in [9.17, 15) is 22.4 Å². The lowest BCUT2D eigenvalue weighted by atomic mass is 9.78. The van der Waals surface area contributed by atoms with E-state index in [1.54, 1.807) is 0 Å². The third-order valence-electron chi connectivity index (χ3n) is 7.22. The predicted octanol–water partition coefficient (Wildman–Crippen LogP) is 8.38. The molecule has 7 heteroatoms. The minimum Gasteiger partial charge on any atom is -0.426 e. The van der Waals surface area contributed by atoms with Gasteiger partial charge in [0.05, 0.1) is 5.92 Å². The second-order valence-electron chi connectivity index (χ2n) is 9.83. The number of allylic oxidation sites excluding steroid dienone is 2. The molecule has 190 valence electrons. The highest BCUT2D eigenvalue weighted by atomic mass is 19.4. The fourth-order valence-electron chi connectivity index (χ4n) is 5.17. The van der Waals surface area contributed by atoms with Crippen molar-refractivity contribution in [1.29, 1.82) is 0 Å². The first-order valence-electron chi connectivity index (χ1n) is 12.7. The molecule has 0 unspecified atom stereocenters. The summed E-state index contributed by atoms with van der Waals surface area (Å²) in [6, 6.07) is 2.66. The summed E-state index contributed by atoms with van der Waals surface area (Å²) >= 11 is 0. The molecule has 2 fully saturated rings. The van der Waals surface area contributed by atoms with Crippen LogP contribution in [0, 0.1) is 29.5 Å². The van der Waals surface area contributed by atoms with Gasteiger partial charge >= 0.3 is 12.3 Å². The number of benzene rings is 1. The topological polar surface area (TPSA) is 35.5 Å². The number of hydrogen-bond donors (Lipinski definition) is 0. The molecule has 1 aromatic carbocycles. The zero-order valence-corrected chi connectivity index (χ0v) is 19.9. The first-order chi connectivity index (χ1) is 16.2. The van der Waals surface area contributed by atoms with Gasteiger partial charge in [-0.2, -0.15) is 0 Å². The Hall–Kier alpha value is -2.05. The highest BCUT2D eigenvalue weighted by molar-refractivity contribution is 5.75. The van der Waals surface area contributed by atoms with Crippen molar-refractivity contribution >= 4 is 5.97 Å². The molecule has 0 amide bonds. The van der Waals surface area contributed by atoms with Crippen molar-refractivity contribution in [3.05, 3.63) is 36.2 Å². The van der Waals surface area contributed by atoms with Gasteiger partial charge in [0.1, 0.15) is 5.75 Å². The van der Waals surface area contributed by atoms with Gasteiger partial charge in [-0.3, -0.25) is 4.79 Å². The van der Waals surface area contributed by atoms with Crippen LogP contribution in [0.15, 0.2) is 30.4 Å². The average Bonchev–Trinajstić information content (AvgIpc) is 2.80. The first kappa shape index (κ1) is 26.6. The van der Waals surface area contributed by atoms with Crippen LogP contribution in [0.25, 0.3) is 0 Å². The van der Waals surface area contributed by atoms with Gasteiger partial charge < -0.3 is 9.47 Å². The molecule has 2 saturated carbocycles. The van der Waals surface area contributed by atoms with E-state index in [2.05, 4.69) is 23.8 Å². The van der Waals surface area contributed by atoms with E-state index in [1.165, 1.54) is 51.4 Å². The first-order valence-corrected chi connectivity index (χ1v) is 12.7. The Bertz CT molecular complexity index is 805. The number of carbonyl (C=O) groups excluding carboxylic acids is 1. The fourth-order valence-corrected chi connectivity index (χ4v) is 5.17. The average molecular weight is 485 g/mol. The van der Waals surface area contributed by atoms with Crippen LogP contribution in [0.5, 0.6) is 11.5 Å². The largest absolute Gasteiger partial charge is 0.573 e. The number of carbonyl (C=O) groups is 1. The molecule has 0 saturated heterocycles. The Balaban J connectivity index is 1.38. The maximum atomic E-state index is 13.8. The second-order valence-corrected chi connectivity index (χ2v) is 9.83. The molecule has 0 radical (unpaired) electrons. The Morgan fingerprint density at radius 1 is 0.971 bits per heavy atom. The molecule has 0 bridgehead atoms. The van der Waals surface area contributed by atoms with Crippen molar-refractivity contribution in [1.82, 2.24) is 0 Å². The maximum absolute atomic E-state index is 13.8. The molecule has 0 heterocycles. The van der Waals surface area contributed by atoms with Gasteiger partial charge in [-0.15, -0.1) is 13.2 Å². The van der Waals surface area contributed by atoms with E-state index in [0.717, 1.165) is 37.0 Å². The molecule has 3 nitrogen and oxygen atoms in total. The van der Waals surface area contributed by atoms with E-state index in [-0.39, 0.29) is 11.7 Å². The molecule has 2 aliphatic rings. The molecule has 1 aromatic rings. The van der Waals surface area contributed by atoms with Gasteiger partial charge in [-0.05, 0) is 81.3 Å². The Morgan fingerprint density at radius 2 is 1.59 bits per heavy atom. The number of hydrogen-bond acceptors (Lipinski definition) is 3. The van der Waals surface area contributed by atoms with Crippen LogP contribution < -0.4 is 9.47 Å². The number of halogens is 4. The van der Waals surface area contributed by atoms with E-state index >= 15 is 0 Å². The van der Waals surface area contributed by atoms with Gasteiger partial charge in [0.15, 0.2) is 11.6 Å². The Kier molecular flexibility index (Phi) is 9.84. The summed E-state index contributed by atoms with van der Waals surface area (Å²) in [4.78, 5) is 12.5. The van der Waals surface area contributed by atoms with Crippen LogP contribution in [0.3, 0.4) is 0 Å². The van der Waals surface area contributed by atoms with E-state index in [0.29, 0.717) is 24.7 Å². The quantitative estimate of drug-likeness (QED) is 0.116. The molecule has 0 aliphatic heterocycles. The van der Waals surface area contributed by atoms with Crippen molar-refractivity contribution in [2.75, 3.05) is 0 Å². The zero-order chi connectivity index (χ0) is 24.6. The SMILES string of the molecule is CCCCCC1CCC(C=CC2CCC(C(=O)Oc3ccc(OC(F)(F)F)c(F)c3)CC2)CC1. The smallest absolute Gasteiger partial charge is 0.426 e. The van der Waals surface area contributed by atoms with Crippen LogP contribution in [0.1, 0.15) is 84.0 Å². The van der Waals surface area contributed by atoms with Crippen LogP contribution >= 0.6 is 0 Å². The second kappa shape index (κ2) is 12.6.